The van der Waals surface area contributed by atoms with Crippen molar-refractivity contribution in [2.75, 3.05) is 47.4 Å². The molecule has 1 aromatic heterocycles. The largest absolute Gasteiger partial charge is 0.497 e. The second kappa shape index (κ2) is 11.3. The fourth-order valence-electron chi connectivity index (χ4n) is 3.46. The first kappa shape index (κ1) is 24.2. The molecule has 0 bridgehead atoms. The number of aryl methyl sites for hydroxylation is 1. The molecule has 2 aromatic rings. The fourth-order valence-corrected chi connectivity index (χ4v) is 3.46. The van der Waals surface area contributed by atoms with Crippen LogP contribution in [-0.2, 0) is 20.1 Å². The Morgan fingerprint density at radius 2 is 1.87 bits per heavy atom. The van der Waals surface area contributed by atoms with Gasteiger partial charge in [0.25, 0.3) is 0 Å². The molecule has 1 saturated heterocycles. The van der Waals surface area contributed by atoms with E-state index in [4.69, 9.17) is 9.47 Å². The van der Waals surface area contributed by atoms with Gasteiger partial charge in [-0.1, -0.05) is 0 Å². The van der Waals surface area contributed by atoms with Crippen LogP contribution in [0.1, 0.15) is 17.2 Å². The van der Waals surface area contributed by atoms with Crippen LogP contribution in [0.4, 0.5) is 0 Å². The van der Waals surface area contributed by atoms with Crippen LogP contribution in [0, 0.1) is 6.92 Å². The zero-order chi connectivity index (χ0) is 20.8. The Labute approximate surface area is 195 Å². The first-order chi connectivity index (χ1) is 14.0. The Hall–Kier alpha value is -2.08. The normalized spacial score (nSPS) is 15.0. The van der Waals surface area contributed by atoms with Crippen molar-refractivity contribution in [2.45, 2.75) is 20.0 Å². The van der Waals surface area contributed by atoms with Crippen LogP contribution in [0.15, 0.2) is 23.2 Å². The van der Waals surface area contributed by atoms with Gasteiger partial charge < -0.3 is 24.3 Å². The molecule has 1 fully saturated rings. The zero-order valence-corrected chi connectivity index (χ0v) is 20.7. The molecule has 0 atom stereocenters. The van der Waals surface area contributed by atoms with E-state index in [1.165, 1.54) is 0 Å². The lowest BCUT2D eigenvalue weighted by Crippen LogP contribution is -2.52. The van der Waals surface area contributed by atoms with Gasteiger partial charge in [-0.3, -0.25) is 9.89 Å². The molecule has 30 heavy (non-hydrogen) atoms. The molecule has 1 aromatic carbocycles. The Morgan fingerprint density at radius 3 is 2.43 bits per heavy atom. The SMILES string of the molecule is CN=C(NCc1nnc(C)n1C)N1CCN(Cc2cc(OC)ccc2OC)CC1.I. The van der Waals surface area contributed by atoms with Gasteiger partial charge in [-0.05, 0) is 25.1 Å². The summed E-state index contributed by atoms with van der Waals surface area (Å²) in [5.74, 6) is 4.43. The number of aliphatic imine (C=N–C) groups is 1. The highest BCUT2D eigenvalue weighted by Crippen LogP contribution is 2.25. The van der Waals surface area contributed by atoms with E-state index in [-0.39, 0.29) is 24.0 Å². The summed E-state index contributed by atoms with van der Waals surface area (Å²) >= 11 is 0. The zero-order valence-electron chi connectivity index (χ0n) is 18.4. The van der Waals surface area contributed by atoms with Crippen LogP contribution in [-0.4, -0.2) is 78.0 Å². The van der Waals surface area contributed by atoms with Gasteiger partial charge in [0.1, 0.15) is 17.3 Å². The molecule has 0 unspecified atom stereocenters. The standard InChI is InChI=1S/C20H31N7O2.HI/c1-15-23-24-19(25(15)3)13-22-20(21-2)27-10-8-26(9-11-27)14-16-12-17(28-4)6-7-18(16)29-5;/h6-7,12H,8-11,13-14H2,1-5H3,(H,21,22);1H. The van der Waals surface area contributed by atoms with Crippen LogP contribution in [0.3, 0.4) is 0 Å². The lowest BCUT2D eigenvalue weighted by Gasteiger charge is -2.36. The molecule has 0 radical (unpaired) electrons. The van der Waals surface area contributed by atoms with E-state index in [1.807, 2.05) is 37.7 Å². The molecule has 0 saturated carbocycles. The molecule has 1 aliphatic heterocycles. The number of rotatable bonds is 6. The maximum atomic E-state index is 5.51. The van der Waals surface area contributed by atoms with Crippen molar-refractivity contribution in [1.82, 2.24) is 29.9 Å². The topological polar surface area (TPSA) is 80.0 Å². The van der Waals surface area contributed by atoms with Gasteiger partial charge in [0, 0.05) is 52.4 Å². The van der Waals surface area contributed by atoms with Crippen molar-refractivity contribution in [1.29, 1.82) is 0 Å². The molecule has 3 rings (SSSR count). The predicted molar refractivity (Wildman–Crippen MR) is 128 cm³/mol. The minimum Gasteiger partial charge on any atom is -0.497 e. The summed E-state index contributed by atoms with van der Waals surface area (Å²) in [5, 5.41) is 11.7. The third kappa shape index (κ3) is 5.75. The maximum Gasteiger partial charge on any atom is 0.194 e. The smallest absolute Gasteiger partial charge is 0.194 e. The highest BCUT2D eigenvalue weighted by atomic mass is 127. The summed E-state index contributed by atoms with van der Waals surface area (Å²) in [6.07, 6.45) is 0. The molecule has 0 spiro atoms. The molecule has 1 N–H and O–H groups in total. The van der Waals surface area contributed by atoms with Gasteiger partial charge in [0.05, 0.1) is 20.8 Å². The number of hydrogen-bond acceptors (Lipinski definition) is 6. The summed E-state index contributed by atoms with van der Waals surface area (Å²) in [4.78, 5) is 9.15. The van der Waals surface area contributed by atoms with E-state index in [0.29, 0.717) is 6.54 Å². The lowest BCUT2D eigenvalue weighted by atomic mass is 10.1. The van der Waals surface area contributed by atoms with E-state index < -0.39 is 0 Å². The van der Waals surface area contributed by atoms with E-state index in [9.17, 15) is 0 Å². The van der Waals surface area contributed by atoms with Crippen molar-refractivity contribution >= 4 is 29.9 Å². The van der Waals surface area contributed by atoms with Crippen LogP contribution < -0.4 is 14.8 Å². The molecular weight excluding hydrogens is 497 g/mol. The minimum absolute atomic E-state index is 0. The molecule has 166 valence electrons. The number of ether oxygens (including phenoxy) is 2. The predicted octanol–water partition coefficient (Wildman–Crippen LogP) is 1.65. The number of guanidine groups is 1. The van der Waals surface area contributed by atoms with Crippen molar-refractivity contribution < 1.29 is 9.47 Å². The number of nitrogens with one attached hydrogen (secondary N) is 1. The highest BCUT2D eigenvalue weighted by molar-refractivity contribution is 14.0. The molecular formula is C20H32IN7O2. The number of aromatic nitrogens is 3. The fraction of sp³-hybridized carbons (Fsp3) is 0.550. The summed E-state index contributed by atoms with van der Waals surface area (Å²) in [6.45, 7) is 7.09. The summed E-state index contributed by atoms with van der Waals surface area (Å²) < 4.78 is 12.9. The van der Waals surface area contributed by atoms with Crippen LogP contribution in [0.5, 0.6) is 11.5 Å². The van der Waals surface area contributed by atoms with Crippen LogP contribution in [0.2, 0.25) is 0 Å². The van der Waals surface area contributed by atoms with E-state index in [1.54, 1.807) is 14.2 Å². The Balaban J connectivity index is 0.00000320. The van der Waals surface area contributed by atoms with Crippen molar-refractivity contribution in [3.63, 3.8) is 0 Å². The summed E-state index contributed by atoms with van der Waals surface area (Å²) in [6, 6.07) is 5.94. The van der Waals surface area contributed by atoms with Gasteiger partial charge in [-0.15, -0.1) is 34.2 Å². The van der Waals surface area contributed by atoms with Gasteiger partial charge in [0.2, 0.25) is 0 Å². The molecule has 0 aliphatic carbocycles. The van der Waals surface area contributed by atoms with Gasteiger partial charge >= 0.3 is 0 Å². The number of piperazine rings is 1. The third-order valence-electron chi connectivity index (χ3n) is 5.35. The Morgan fingerprint density at radius 1 is 1.13 bits per heavy atom. The third-order valence-corrected chi connectivity index (χ3v) is 5.35. The Bertz CT molecular complexity index is 848. The minimum atomic E-state index is 0. The van der Waals surface area contributed by atoms with E-state index in [2.05, 4.69) is 36.4 Å². The molecule has 1 aliphatic rings. The average molecular weight is 529 g/mol. The second-order valence-electron chi connectivity index (χ2n) is 7.06. The number of methoxy groups -OCH3 is 2. The van der Waals surface area contributed by atoms with Crippen molar-refractivity contribution in [3.8, 4) is 11.5 Å². The monoisotopic (exact) mass is 529 g/mol. The molecule has 2 heterocycles. The molecule has 10 heteroatoms. The second-order valence-corrected chi connectivity index (χ2v) is 7.06. The first-order valence-electron chi connectivity index (χ1n) is 9.79. The van der Waals surface area contributed by atoms with Crippen molar-refractivity contribution in [3.05, 3.63) is 35.4 Å². The number of nitrogens with zero attached hydrogens (tertiary/aromatic N) is 6. The van der Waals surface area contributed by atoms with E-state index in [0.717, 1.165) is 67.4 Å². The van der Waals surface area contributed by atoms with E-state index >= 15 is 0 Å². The Kier molecular flexibility index (Phi) is 9.15. The van der Waals surface area contributed by atoms with Crippen molar-refractivity contribution in [2.24, 2.45) is 12.0 Å². The summed E-state index contributed by atoms with van der Waals surface area (Å²) in [7, 11) is 7.18. The number of hydrogen-bond donors (Lipinski definition) is 1. The highest BCUT2D eigenvalue weighted by Gasteiger charge is 2.21. The quantitative estimate of drug-likeness (QED) is 0.347. The number of benzene rings is 1. The average Bonchev–Trinajstić information content (AvgIpc) is 3.07. The molecule has 0 amide bonds. The van der Waals surface area contributed by atoms with Crippen LogP contribution in [0.25, 0.3) is 0 Å². The first-order valence-corrected chi connectivity index (χ1v) is 9.79. The summed E-state index contributed by atoms with van der Waals surface area (Å²) in [5.41, 5.74) is 1.14. The van der Waals surface area contributed by atoms with Gasteiger partial charge in [-0.2, -0.15) is 0 Å². The van der Waals surface area contributed by atoms with Gasteiger partial charge in [0.15, 0.2) is 11.8 Å². The van der Waals surface area contributed by atoms with Crippen LogP contribution >= 0.6 is 24.0 Å². The van der Waals surface area contributed by atoms with Gasteiger partial charge in [-0.25, -0.2) is 0 Å². The lowest BCUT2D eigenvalue weighted by molar-refractivity contribution is 0.171. The maximum absolute atomic E-state index is 5.51. The number of halogens is 1. The molecule has 9 nitrogen and oxygen atoms in total.